The molecule has 2 aliphatic rings. The normalized spacial score (nSPS) is 35.2. The van der Waals surface area contributed by atoms with Crippen molar-refractivity contribution < 1.29 is 5.11 Å². The number of fused-ring (bicyclic) bond motifs is 1. The lowest BCUT2D eigenvalue weighted by Gasteiger charge is -2.45. The minimum Gasteiger partial charge on any atom is -0.383 e. The number of aliphatic hydroxyl groups is 1. The predicted molar refractivity (Wildman–Crippen MR) is 83.7 cm³/mol. The van der Waals surface area contributed by atoms with Gasteiger partial charge in [-0.25, -0.2) is 0 Å². The highest BCUT2D eigenvalue weighted by Gasteiger charge is 2.55. The second-order valence-electron chi connectivity index (χ2n) is 7.07. The van der Waals surface area contributed by atoms with Crippen molar-refractivity contribution in [3.63, 3.8) is 0 Å². The molecule has 0 heterocycles. The van der Waals surface area contributed by atoms with Gasteiger partial charge in [0.2, 0.25) is 0 Å². The molecule has 2 heteroatoms. The van der Waals surface area contributed by atoms with E-state index < -0.39 is 11.0 Å². The average Bonchev–Trinajstić information content (AvgIpc) is 2.86. The Labute approximate surface area is 127 Å². The van der Waals surface area contributed by atoms with Gasteiger partial charge in [0.25, 0.3) is 0 Å². The molecule has 0 radical (unpaired) electrons. The molecule has 1 saturated carbocycles. The fraction of sp³-hybridized carbons (Fsp3) is 0.632. The fourth-order valence-electron chi connectivity index (χ4n) is 4.44. The van der Waals surface area contributed by atoms with Crippen molar-refractivity contribution in [3.05, 3.63) is 34.9 Å². The minimum absolute atomic E-state index is 0.586. The highest BCUT2D eigenvalue weighted by molar-refractivity contribution is 5.43. The first-order valence-corrected chi connectivity index (χ1v) is 8.28. The predicted octanol–water partition coefficient (Wildman–Crippen LogP) is 4.24. The summed E-state index contributed by atoms with van der Waals surface area (Å²) < 4.78 is 0. The molecule has 0 amide bonds. The highest BCUT2D eigenvalue weighted by atomic mass is 16.3. The summed E-state index contributed by atoms with van der Waals surface area (Å²) in [5, 5.41) is 21.4. The highest BCUT2D eigenvalue weighted by Crippen LogP contribution is 2.56. The zero-order valence-electron chi connectivity index (χ0n) is 13.2. The quantitative estimate of drug-likeness (QED) is 0.882. The molecular weight excluding hydrogens is 258 g/mol. The van der Waals surface area contributed by atoms with E-state index in [1.165, 1.54) is 17.5 Å². The number of rotatable bonds is 2. The van der Waals surface area contributed by atoms with Gasteiger partial charge in [0.1, 0.15) is 5.60 Å². The molecular formula is C19H25NO. The Hall–Kier alpha value is -1.33. The van der Waals surface area contributed by atoms with Crippen molar-refractivity contribution in [1.82, 2.24) is 0 Å². The van der Waals surface area contributed by atoms with Crippen LogP contribution in [0.15, 0.2) is 18.2 Å². The summed E-state index contributed by atoms with van der Waals surface area (Å²) in [6, 6.07) is 8.90. The molecule has 0 aromatic heterocycles. The van der Waals surface area contributed by atoms with Crippen molar-refractivity contribution in [2.75, 3.05) is 0 Å². The van der Waals surface area contributed by atoms with Crippen LogP contribution in [0.1, 0.15) is 62.1 Å². The molecule has 1 atom stereocenters. The second kappa shape index (κ2) is 5.14. The third-order valence-electron chi connectivity index (χ3n) is 6.01. The number of benzene rings is 1. The molecule has 1 aromatic carbocycles. The molecule has 2 aliphatic carbocycles. The van der Waals surface area contributed by atoms with E-state index in [2.05, 4.69) is 38.1 Å². The molecule has 21 heavy (non-hydrogen) atoms. The van der Waals surface area contributed by atoms with Crippen LogP contribution in [-0.2, 0) is 12.0 Å². The molecule has 0 spiro atoms. The van der Waals surface area contributed by atoms with Crippen LogP contribution in [0, 0.1) is 29.6 Å². The average molecular weight is 283 g/mol. The van der Waals surface area contributed by atoms with Crippen LogP contribution >= 0.6 is 0 Å². The minimum atomic E-state index is -0.943. The zero-order chi connectivity index (χ0) is 15.1. The number of aryl methyl sites for hydroxylation is 2. The van der Waals surface area contributed by atoms with Crippen molar-refractivity contribution >= 4 is 0 Å². The maximum atomic E-state index is 11.5. The summed E-state index contributed by atoms with van der Waals surface area (Å²) in [4.78, 5) is 0. The Kier molecular flexibility index (Phi) is 3.58. The summed E-state index contributed by atoms with van der Waals surface area (Å²) in [6.45, 7) is 4.29. The summed E-state index contributed by atoms with van der Waals surface area (Å²) in [7, 11) is 0. The molecule has 1 unspecified atom stereocenters. The van der Waals surface area contributed by atoms with E-state index in [9.17, 15) is 10.4 Å². The topological polar surface area (TPSA) is 44.0 Å². The molecule has 3 rings (SSSR count). The molecule has 1 fully saturated rings. The molecule has 0 saturated heterocycles. The van der Waals surface area contributed by atoms with Crippen LogP contribution in [0.5, 0.6) is 0 Å². The Bertz CT molecular complexity index is 578. The SMILES string of the molecule is CCC1CCC(C#N)(C2(O)CCc3ccc(C)cc32)CC1. The zero-order valence-corrected chi connectivity index (χ0v) is 13.2. The maximum Gasteiger partial charge on any atom is 0.109 e. The van der Waals surface area contributed by atoms with Crippen molar-refractivity contribution in [2.45, 2.75) is 64.4 Å². The molecule has 1 aromatic rings. The Morgan fingerprint density at radius 2 is 2.00 bits per heavy atom. The molecule has 0 bridgehead atoms. The molecule has 1 N–H and O–H groups in total. The van der Waals surface area contributed by atoms with E-state index in [0.29, 0.717) is 6.42 Å². The van der Waals surface area contributed by atoms with Crippen LogP contribution in [0.3, 0.4) is 0 Å². The number of nitrogens with zero attached hydrogens (tertiary/aromatic N) is 1. The van der Waals surface area contributed by atoms with E-state index in [1.54, 1.807) is 0 Å². The van der Waals surface area contributed by atoms with Gasteiger partial charge >= 0.3 is 0 Å². The molecule has 0 aliphatic heterocycles. The monoisotopic (exact) mass is 283 g/mol. The van der Waals surface area contributed by atoms with E-state index >= 15 is 0 Å². The van der Waals surface area contributed by atoms with Crippen LogP contribution in [0.2, 0.25) is 0 Å². The van der Waals surface area contributed by atoms with Gasteiger partial charge in [0, 0.05) is 0 Å². The number of hydrogen-bond donors (Lipinski definition) is 1. The molecule has 2 nitrogen and oxygen atoms in total. The van der Waals surface area contributed by atoms with Gasteiger partial charge in [-0.15, -0.1) is 0 Å². The lowest BCUT2D eigenvalue weighted by molar-refractivity contribution is -0.0832. The van der Waals surface area contributed by atoms with E-state index in [1.807, 2.05) is 0 Å². The third-order valence-corrected chi connectivity index (χ3v) is 6.01. The van der Waals surface area contributed by atoms with Crippen LogP contribution in [-0.4, -0.2) is 5.11 Å². The van der Waals surface area contributed by atoms with E-state index in [-0.39, 0.29) is 0 Å². The third kappa shape index (κ3) is 2.10. The van der Waals surface area contributed by atoms with E-state index in [0.717, 1.165) is 43.6 Å². The van der Waals surface area contributed by atoms with Crippen LogP contribution < -0.4 is 0 Å². The fourth-order valence-corrected chi connectivity index (χ4v) is 4.44. The number of nitriles is 1. The Morgan fingerprint density at radius 1 is 1.29 bits per heavy atom. The Balaban J connectivity index is 2.00. The first-order chi connectivity index (χ1) is 10.0. The van der Waals surface area contributed by atoms with Gasteiger partial charge < -0.3 is 5.11 Å². The van der Waals surface area contributed by atoms with Gasteiger partial charge in [-0.1, -0.05) is 37.1 Å². The maximum absolute atomic E-state index is 11.5. The molecule has 112 valence electrons. The lowest BCUT2D eigenvalue weighted by atomic mass is 9.60. The summed E-state index contributed by atoms with van der Waals surface area (Å²) in [5.74, 6) is 0.730. The summed E-state index contributed by atoms with van der Waals surface area (Å²) in [6.07, 6.45) is 6.62. The lowest BCUT2D eigenvalue weighted by Crippen LogP contribution is -2.45. The smallest absolute Gasteiger partial charge is 0.109 e. The van der Waals surface area contributed by atoms with Crippen LogP contribution in [0.25, 0.3) is 0 Å². The van der Waals surface area contributed by atoms with Gasteiger partial charge in [-0.05, 0) is 62.5 Å². The van der Waals surface area contributed by atoms with Gasteiger partial charge in [0.05, 0.1) is 11.5 Å². The summed E-state index contributed by atoms with van der Waals surface area (Å²) in [5.41, 5.74) is 1.90. The standard InChI is InChI=1S/C19H25NO/c1-3-15-6-9-18(13-20,10-7-15)19(21)11-8-16-5-4-14(2)12-17(16)19/h4-5,12,15,21H,3,6-11H2,1-2H3. The Morgan fingerprint density at radius 3 is 2.62 bits per heavy atom. The van der Waals surface area contributed by atoms with Gasteiger partial charge in [-0.2, -0.15) is 5.26 Å². The van der Waals surface area contributed by atoms with Gasteiger partial charge in [-0.3, -0.25) is 0 Å². The largest absolute Gasteiger partial charge is 0.383 e. The first kappa shape index (κ1) is 14.6. The number of hydrogen-bond acceptors (Lipinski definition) is 2. The first-order valence-electron chi connectivity index (χ1n) is 8.28. The van der Waals surface area contributed by atoms with Crippen LogP contribution in [0.4, 0.5) is 0 Å². The van der Waals surface area contributed by atoms with Crippen molar-refractivity contribution in [1.29, 1.82) is 5.26 Å². The van der Waals surface area contributed by atoms with Crippen molar-refractivity contribution in [3.8, 4) is 6.07 Å². The van der Waals surface area contributed by atoms with Crippen molar-refractivity contribution in [2.24, 2.45) is 11.3 Å². The van der Waals surface area contributed by atoms with Gasteiger partial charge in [0.15, 0.2) is 0 Å². The summed E-state index contributed by atoms with van der Waals surface area (Å²) >= 11 is 0. The van der Waals surface area contributed by atoms with E-state index in [4.69, 9.17) is 0 Å². The second-order valence-corrected chi connectivity index (χ2v) is 7.07.